The molecule has 0 bridgehead atoms. The van der Waals surface area contributed by atoms with Crippen LogP contribution in [0.25, 0.3) is 0 Å². The van der Waals surface area contributed by atoms with Crippen LogP contribution in [-0.4, -0.2) is 55.8 Å². The number of rotatable bonds is 8. The van der Waals surface area contributed by atoms with Crippen LogP contribution in [0.5, 0.6) is 0 Å². The zero-order valence-corrected chi connectivity index (χ0v) is 13.5. The van der Waals surface area contributed by atoms with E-state index in [9.17, 15) is 8.42 Å². The summed E-state index contributed by atoms with van der Waals surface area (Å²) in [6.45, 7) is 6.73. The Labute approximate surface area is 123 Å². The van der Waals surface area contributed by atoms with Gasteiger partial charge in [0.2, 0.25) is 0 Å². The lowest BCUT2D eigenvalue weighted by Crippen LogP contribution is -2.53. The number of hydrogen-bond donors (Lipinski definition) is 1. The van der Waals surface area contributed by atoms with E-state index in [1.54, 1.807) is 4.31 Å². The van der Waals surface area contributed by atoms with Crippen molar-refractivity contribution in [3.8, 4) is 12.3 Å². The highest BCUT2D eigenvalue weighted by Gasteiger charge is 2.35. The first-order valence-electron chi connectivity index (χ1n) is 7.49. The van der Waals surface area contributed by atoms with Gasteiger partial charge in [-0.2, -0.15) is 17.0 Å². The van der Waals surface area contributed by atoms with Gasteiger partial charge in [0.15, 0.2) is 0 Å². The number of terminal acetylenes is 1. The summed E-state index contributed by atoms with van der Waals surface area (Å²) in [7, 11) is -3.44. The van der Waals surface area contributed by atoms with E-state index in [0.717, 1.165) is 38.8 Å². The second-order valence-corrected chi connectivity index (χ2v) is 6.98. The van der Waals surface area contributed by atoms with Crippen LogP contribution in [0.15, 0.2) is 0 Å². The van der Waals surface area contributed by atoms with Gasteiger partial charge in [0.05, 0.1) is 6.54 Å². The standard InChI is InChI=1S/C14H27N3O2S/c1-4-10-15-13-14-9-7-8-12-17(14)20(18,19)16(6-3)11-5-2/h2,14-15H,4,6-13H2,1,3H3. The number of nitrogens with one attached hydrogen (secondary N) is 1. The minimum Gasteiger partial charge on any atom is -0.315 e. The Hall–Kier alpha value is -0.610. The molecule has 1 saturated heterocycles. The molecule has 0 aromatic carbocycles. The van der Waals surface area contributed by atoms with E-state index in [-0.39, 0.29) is 12.6 Å². The first-order valence-corrected chi connectivity index (χ1v) is 8.88. The smallest absolute Gasteiger partial charge is 0.283 e. The number of nitrogens with zero attached hydrogens (tertiary/aromatic N) is 2. The van der Waals surface area contributed by atoms with Crippen molar-refractivity contribution in [3.05, 3.63) is 0 Å². The lowest BCUT2D eigenvalue weighted by Gasteiger charge is -2.37. The SMILES string of the molecule is C#CCN(CC)S(=O)(=O)N1CCCCC1CNCCC. The number of piperidine rings is 1. The van der Waals surface area contributed by atoms with Crippen LogP contribution in [0.3, 0.4) is 0 Å². The monoisotopic (exact) mass is 301 g/mol. The fourth-order valence-corrected chi connectivity index (χ4v) is 4.31. The predicted molar refractivity (Wildman–Crippen MR) is 82.5 cm³/mol. The molecule has 0 saturated carbocycles. The molecular formula is C14H27N3O2S. The Bertz CT molecular complexity index is 417. The van der Waals surface area contributed by atoms with Gasteiger partial charge in [-0.05, 0) is 25.8 Å². The predicted octanol–water partition coefficient (Wildman–Crippen LogP) is 1.04. The second-order valence-electron chi connectivity index (χ2n) is 5.10. The molecule has 0 spiro atoms. The molecule has 0 aromatic rings. The van der Waals surface area contributed by atoms with Crippen molar-refractivity contribution in [2.75, 3.05) is 32.7 Å². The Morgan fingerprint density at radius 2 is 2.15 bits per heavy atom. The van der Waals surface area contributed by atoms with Crippen molar-refractivity contribution >= 4 is 10.2 Å². The topological polar surface area (TPSA) is 52.7 Å². The van der Waals surface area contributed by atoms with Gasteiger partial charge in [0.1, 0.15) is 0 Å². The van der Waals surface area contributed by atoms with Crippen LogP contribution in [0.4, 0.5) is 0 Å². The Morgan fingerprint density at radius 3 is 2.75 bits per heavy atom. The normalized spacial score (nSPS) is 21.0. The third-order valence-corrected chi connectivity index (χ3v) is 5.74. The summed E-state index contributed by atoms with van der Waals surface area (Å²) in [6.07, 6.45) is 9.27. The maximum absolute atomic E-state index is 12.7. The zero-order chi connectivity index (χ0) is 15.0. The molecule has 0 aromatic heterocycles. The summed E-state index contributed by atoms with van der Waals surface area (Å²) in [5, 5.41) is 3.33. The van der Waals surface area contributed by atoms with Crippen molar-refractivity contribution in [2.24, 2.45) is 0 Å². The van der Waals surface area contributed by atoms with Crippen LogP contribution in [0, 0.1) is 12.3 Å². The first-order chi connectivity index (χ1) is 9.57. The van der Waals surface area contributed by atoms with Crippen molar-refractivity contribution in [3.63, 3.8) is 0 Å². The van der Waals surface area contributed by atoms with E-state index >= 15 is 0 Å². The van der Waals surface area contributed by atoms with E-state index in [1.165, 1.54) is 4.31 Å². The maximum Gasteiger partial charge on any atom is 0.283 e. The van der Waals surface area contributed by atoms with Gasteiger partial charge in [0, 0.05) is 25.7 Å². The lowest BCUT2D eigenvalue weighted by atomic mass is 10.1. The molecule has 1 unspecified atom stereocenters. The van der Waals surface area contributed by atoms with E-state index in [0.29, 0.717) is 13.1 Å². The summed E-state index contributed by atoms with van der Waals surface area (Å²) in [6, 6.07) is 0.0483. The molecule has 1 N–H and O–H groups in total. The van der Waals surface area contributed by atoms with Gasteiger partial charge >= 0.3 is 0 Å². The first kappa shape index (κ1) is 17.4. The third-order valence-electron chi connectivity index (χ3n) is 3.62. The highest BCUT2D eigenvalue weighted by atomic mass is 32.2. The molecule has 0 radical (unpaired) electrons. The molecule has 0 amide bonds. The van der Waals surface area contributed by atoms with Crippen LogP contribution in [0.2, 0.25) is 0 Å². The zero-order valence-electron chi connectivity index (χ0n) is 12.6. The Morgan fingerprint density at radius 1 is 1.40 bits per heavy atom. The average molecular weight is 301 g/mol. The molecule has 6 heteroatoms. The largest absolute Gasteiger partial charge is 0.315 e. The minimum absolute atomic E-state index is 0.0483. The third kappa shape index (κ3) is 4.45. The van der Waals surface area contributed by atoms with E-state index in [4.69, 9.17) is 6.42 Å². The number of hydrogen-bond acceptors (Lipinski definition) is 3. The molecule has 1 fully saturated rings. The van der Waals surface area contributed by atoms with Gasteiger partial charge in [0.25, 0.3) is 10.2 Å². The van der Waals surface area contributed by atoms with Crippen molar-refractivity contribution in [1.29, 1.82) is 0 Å². The Kier molecular flexibility index (Phi) is 7.52. The van der Waals surface area contributed by atoms with E-state index in [1.807, 2.05) is 6.92 Å². The highest BCUT2D eigenvalue weighted by Crippen LogP contribution is 2.22. The molecule has 1 atom stereocenters. The van der Waals surface area contributed by atoms with Crippen LogP contribution in [-0.2, 0) is 10.2 Å². The summed E-state index contributed by atoms with van der Waals surface area (Å²) in [5.41, 5.74) is 0. The van der Waals surface area contributed by atoms with Crippen molar-refractivity contribution in [2.45, 2.75) is 45.6 Å². The van der Waals surface area contributed by atoms with E-state index < -0.39 is 10.2 Å². The highest BCUT2D eigenvalue weighted by molar-refractivity contribution is 7.86. The van der Waals surface area contributed by atoms with Gasteiger partial charge in [-0.1, -0.05) is 26.2 Å². The molecule has 1 aliphatic heterocycles. The summed E-state index contributed by atoms with van der Waals surface area (Å²) in [4.78, 5) is 0. The summed E-state index contributed by atoms with van der Waals surface area (Å²) < 4.78 is 28.4. The molecule has 1 rings (SSSR count). The van der Waals surface area contributed by atoms with Crippen LogP contribution >= 0.6 is 0 Å². The molecular weight excluding hydrogens is 274 g/mol. The van der Waals surface area contributed by atoms with E-state index in [2.05, 4.69) is 18.2 Å². The minimum atomic E-state index is -3.44. The average Bonchev–Trinajstić information content (AvgIpc) is 2.45. The fourth-order valence-electron chi connectivity index (χ4n) is 2.53. The van der Waals surface area contributed by atoms with Gasteiger partial charge in [-0.25, -0.2) is 0 Å². The second kappa shape index (κ2) is 8.63. The molecule has 5 nitrogen and oxygen atoms in total. The summed E-state index contributed by atoms with van der Waals surface area (Å²) in [5.74, 6) is 2.44. The maximum atomic E-state index is 12.7. The van der Waals surface area contributed by atoms with Crippen LogP contribution < -0.4 is 5.32 Å². The van der Waals surface area contributed by atoms with Crippen LogP contribution in [0.1, 0.15) is 39.5 Å². The van der Waals surface area contributed by atoms with Gasteiger partial charge in [-0.15, -0.1) is 6.42 Å². The fraction of sp³-hybridized carbons (Fsp3) is 0.857. The molecule has 1 aliphatic rings. The molecule has 116 valence electrons. The molecule has 0 aliphatic carbocycles. The lowest BCUT2D eigenvalue weighted by molar-refractivity contribution is 0.229. The van der Waals surface area contributed by atoms with Crippen molar-refractivity contribution in [1.82, 2.24) is 13.9 Å². The quantitative estimate of drug-likeness (QED) is 0.538. The summed E-state index contributed by atoms with van der Waals surface area (Å²) >= 11 is 0. The molecule has 20 heavy (non-hydrogen) atoms. The van der Waals surface area contributed by atoms with Gasteiger partial charge in [-0.3, -0.25) is 0 Å². The van der Waals surface area contributed by atoms with Crippen molar-refractivity contribution < 1.29 is 8.42 Å². The molecule has 1 heterocycles. The Balaban J connectivity index is 2.79. The van der Waals surface area contributed by atoms with Gasteiger partial charge < -0.3 is 5.32 Å².